The lowest BCUT2D eigenvalue weighted by molar-refractivity contribution is -0.137. The number of fused-ring (bicyclic) bond motifs is 1. The molecule has 0 unspecified atom stereocenters. The first-order valence-electron chi connectivity index (χ1n) is 8.26. The van der Waals surface area contributed by atoms with E-state index in [4.69, 9.17) is 4.74 Å². The van der Waals surface area contributed by atoms with Crippen LogP contribution in [-0.2, 0) is 21.0 Å². The minimum absolute atomic E-state index is 0.201. The lowest BCUT2D eigenvalue weighted by Gasteiger charge is -2.33. The topological polar surface area (TPSA) is 75.7 Å². The highest BCUT2D eigenvalue weighted by molar-refractivity contribution is 7.92. The van der Waals surface area contributed by atoms with Crippen molar-refractivity contribution in [2.45, 2.75) is 31.0 Å². The van der Waals surface area contributed by atoms with E-state index in [1.54, 1.807) is 6.92 Å². The van der Waals surface area contributed by atoms with Gasteiger partial charge in [0.2, 0.25) is 5.91 Å². The number of amides is 1. The molecule has 0 aliphatic carbocycles. The van der Waals surface area contributed by atoms with Crippen molar-refractivity contribution in [3.63, 3.8) is 0 Å². The third-order valence-electron chi connectivity index (χ3n) is 4.12. The largest absolute Gasteiger partial charge is 0.487 e. The molecule has 10 heteroatoms. The van der Waals surface area contributed by atoms with Crippen molar-refractivity contribution in [1.29, 1.82) is 0 Å². The molecule has 1 aliphatic rings. The van der Waals surface area contributed by atoms with Gasteiger partial charge in [0.25, 0.3) is 10.0 Å². The van der Waals surface area contributed by atoms with Crippen LogP contribution in [0.5, 0.6) is 5.75 Å². The molecule has 0 bridgehead atoms. The number of halogens is 3. The van der Waals surface area contributed by atoms with E-state index in [-0.39, 0.29) is 34.8 Å². The number of nitrogens with zero attached hydrogens (tertiary/aromatic N) is 1. The molecule has 0 fully saturated rings. The monoisotopic (exact) mass is 414 g/mol. The molecule has 150 valence electrons. The highest BCUT2D eigenvalue weighted by Crippen LogP contribution is 2.36. The van der Waals surface area contributed by atoms with Gasteiger partial charge in [0.15, 0.2) is 0 Å². The van der Waals surface area contributed by atoms with Crippen molar-refractivity contribution in [3.8, 4) is 5.75 Å². The van der Waals surface area contributed by atoms with Gasteiger partial charge in [-0.15, -0.1) is 0 Å². The number of alkyl halides is 3. The van der Waals surface area contributed by atoms with Crippen molar-refractivity contribution in [1.82, 2.24) is 0 Å². The number of benzene rings is 2. The van der Waals surface area contributed by atoms with Crippen molar-refractivity contribution in [2.75, 3.05) is 16.2 Å². The molecule has 1 aliphatic heterocycles. The van der Waals surface area contributed by atoms with E-state index in [1.807, 2.05) is 0 Å². The smallest absolute Gasteiger partial charge is 0.416 e. The Morgan fingerprint density at radius 3 is 2.57 bits per heavy atom. The van der Waals surface area contributed by atoms with E-state index in [0.29, 0.717) is 11.8 Å². The molecule has 1 heterocycles. The molecule has 6 nitrogen and oxygen atoms in total. The van der Waals surface area contributed by atoms with Crippen molar-refractivity contribution >= 4 is 27.3 Å². The first kappa shape index (κ1) is 20.0. The maximum atomic E-state index is 12.8. The number of ether oxygens (including phenoxy) is 1. The van der Waals surface area contributed by atoms with Gasteiger partial charge in [-0.05, 0) is 43.3 Å². The summed E-state index contributed by atoms with van der Waals surface area (Å²) < 4.78 is 71.6. The molecule has 2 aromatic carbocycles. The number of rotatable bonds is 3. The van der Waals surface area contributed by atoms with Crippen LogP contribution in [0, 0.1) is 0 Å². The van der Waals surface area contributed by atoms with Gasteiger partial charge in [-0.3, -0.25) is 9.52 Å². The number of anilines is 2. The minimum Gasteiger partial charge on any atom is -0.487 e. The third kappa shape index (κ3) is 4.06. The van der Waals surface area contributed by atoms with Crippen LogP contribution in [0.4, 0.5) is 24.5 Å². The number of carbonyl (C=O) groups excluding carboxylic acids is 1. The number of carbonyl (C=O) groups is 1. The second-order valence-corrected chi connectivity index (χ2v) is 8.05. The molecular formula is C18H17F3N2O4S. The number of nitrogens with one attached hydrogen (secondary N) is 1. The molecule has 0 spiro atoms. The summed E-state index contributed by atoms with van der Waals surface area (Å²) in [7, 11) is -4.18. The second kappa shape index (κ2) is 7.01. The molecule has 0 radical (unpaired) electrons. The first-order chi connectivity index (χ1) is 13.0. The average molecular weight is 414 g/mol. The fourth-order valence-corrected chi connectivity index (χ4v) is 3.92. The van der Waals surface area contributed by atoms with Crippen LogP contribution >= 0.6 is 0 Å². The highest BCUT2D eigenvalue weighted by Gasteiger charge is 2.31. The van der Waals surface area contributed by atoms with Crippen LogP contribution in [0.25, 0.3) is 0 Å². The number of hydrogen-bond acceptors (Lipinski definition) is 4. The van der Waals surface area contributed by atoms with Crippen LogP contribution in [0.3, 0.4) is 0 Å². The van der Waals surface area contributed by atoms with Gasteiger partial charge in [-0.2, -0.15) is 13.2 Å². The maximum Gasteiger partial charge on any atom is 0.416 e. The summed E-state index contributed by atoms with van der Waals surface area (Å²) in [5.41, 5.74) is -0.901. The second-order valence-electron chi connectivity index (χ2n) is 6.37. The van der Waals surface area contributed by atoms with Gasteiger partial charge < -0.3 is 9.64 Å². The minimum atomic E-state index is -4.59. The van der Waals surface area contributed by atoms with E-state index in [9.17, 15) is 26.4 Å². The van der Waals surface area contributed by atoms with Crippen LogP contribution in [0.2, 0.25) is 0 Å². The zero-order valence-corrected chi connectivity index (χ0v) is 15.8. The molecule has 0 saturated heterocycles. The lowest BCUT2D eigenvalue weighted by atomic mass is 10.2. The Balaban J connectivity index is 1.95. The predicted octanol–water partition coefficient (Wildman–Crippen LogP) is 3.64. The van der Waals surface area contributed by atoms with Gasteiger partial charge in [0.05, 0.1) is 22.7 Å². The zero-order valence-electron chi connectivity index (χ0n) is 14.9. The molecule has 0 saturated carbocycles. The van der Waals surface area contributed by atoms with Crippen molar-refractivity contribution < 1.29 is 31.1 Å². The molecule has 1 N–H and O–H groups in total. The summed E-state index contributed by atoms with van der Waals surface area (Å²) in [6.07, 6.45) is -4.86. The highest BCUT2D eigenvalue weighted by atomic mass is 32.2. The quantitative estimate of drug-likeness (QED) is 0.832. The molecule has 28 heavy (non-hydrogen) atoms. The van der Waals surface area contributed by atoms with Crippen LogP contribution < -0.4 is 14.4 Å². The fourth-order valence-electron chi connectivity index (χ4n) is 2.86. The fraction of sp³-hybridized carbons (Fsp3) is 0.278. The van der Waals surface area contributed by atoms with E-state index in [2.05, 4.69) is 4.72 Å². The maximum absolute atomic E-state index is 12.8. The average Bonchev–Trinajstić information content (AvgIpc) is 2.59. The Morgan fingerprint density at radius 2 is 1.93 bits per heavy atom. The summed E-state index contributed by atoms with van der Waals surface area (Å²) in [6.45, 7) is 3.38. The standard InChI is InChI=1S/C18H17F3N2O4S/c1-11-10-23(12(2)24)16-9-15(6-7-17(16)27-11)28(25,26)22-14-5-3-4-13(8-14)18(19,20)21/h3-9,11,22H,10H2,1-2H3/t11-/m1/s1. The first-order valence-corrected chi connectivity index (χ1v) is 9.74. The Labute approximate surface area is 160 Å². The van der Waals surface area contributed by atoms with E-state index in [0.717, 1.165) is 12.1 Å². The summed E-state index contributed by atoms with van der Waals surface area (Å²) in [4.78, 5) is 13.1. The van der Waals surface area contributed by atoms with Crippen LogP contribution in [0.1, 0.15) is 19.4 Å². The molecule has 1 amide bonds. The van der Waals surface area contributed by atoms with Crippen molar-refractivity contribution in [3.05, 3.63) is 48.0 Å². The molecular weight excluding hydrogens is 397 g/mol. The summed E-state index contributed by atoms with van der Waals surface area (Å²) in [5, 5.41) is 0. The van der Waals surface area contributed by atoms with Gasteiger partial charge in [0, 0.05) is 12.6 Å². The Morgan fingerprint density at radius 1 is 1.21 bits per heavy atom. The SMILES string of the molecule is CC(=O)N1C[C@@H](C)Oc2ccc(S(=O)(=O)Nc3cccc(C(F)(F)F)c3)cc21. The Hall–Kier alpha value is -2.75. The summed E-state index contributed by atoms with van der Waals surface area (Å²) in [6, 6.07) is 7.84. The van der Waals surface area contributed by atoms with E-state index in [1.165, 1.54) is 36.1 Å². The molecule has 1 atom stereocenters. The van der Waals surface area contributed by atoms with E-state index < -0.39 is 21.8 Å². The van der Waals surface area contributed by atoms with Crippen LogP contribution in [0.15, 0.2) is 47.4 Å². The van der Waals surface area contributed by atoms with Crippen molar-refractivity contribution in [2.24, 2.45) is 0 Å². The third-order valence-corrected chi connectivity index (χ3v) is 5.50. The van der Waals surface area contributed by atoms with Gasteiger partial charge in [0.1, 0.15) is 11.9 Å². The van der Waals surface area contributed by atoms with E-state index >= 15 is 0 Å². The van der Waals surface area contributed by atoms with Gasteiger partial charge in [-0.25, -0.2) is 8.42 Å². The van der Waals surface area contributed by atoms with Gasteiger partial charge in [-0.1, -0.05) is 6.07 Å². The zero-order chi connectivity index (χ0) is 20.7. The van der Waals surface area contributed by atoms with Gasteiger partial charge >= 0.3 is 6.18 Å². The number of sulfonamides is 1. The normalized spacial score (nSPS) is 16.9. The lowest BCUT2D eigenvalue weighted by Crippen LogP contribution is -2.41. The summed E-state index contributed by atoms with van der Waals surface area (Å²) >= 11 is 0. The Bertz CT molecular complexity index is 1020. The Kier molecular flexibility index (Phi) is 5.00. The number of hydrogen-bond donors (Lipinski definition) is 1. The molecule has 0 aromatic heterocycles. The van der Waals surface area contributed by atoms with Crippen LogP contribution in [-0.4, -0.2) is 27.0 Å². The molecule has 3 rings (SSSR count). The molecule has 2 aromatic rings. The summed E-state index contributed by atoms with van der Waals surface area (Å²) in [5.74, 6) is 0.0729. The predicted molar refractivity (Wildman–Crippen MR) is 96.8 cm³/mol.